The maximum absolute atomic E-state index is 12.0. The topological polar surface area (TPSA) is 62.6 Å². The summed E-state index contributed by atoms with van der Waals surface area (Å²) in [5.41, 5.74) is -0.405. The lowest BCUT2D eigenvalue weighted by molar-refractivity contribution is -0.329. The van der Waals surface area contributed by atoms with Crippen molar-refractivity contribution in [3.05, 3.63) is 24.0 Å². The Labute approximate surface area is 103 Å². The SMILES string of the molecule is CC(C)(COC(F)(F)F)c1cncc(B(O)O)c1. The van der Waals surface area contributed by atoms with Crippen molar-refractivity contribution < 1.29 is 28.0 Å². The van der Waals surface area contributed by atoms with Crippen molar-refractivity contribution in [3.63, 3.8) is 0 Å². The van der Waals surface area contributed by atoms with Crippen LogP contribution < -0.4 is 5.46 Å². The normalized spacial score (nSPS) is 12.6. The maximum Gasteiger partial charge on any atom is 0.522 e. The van der Waals surface area contributed by atoms with Gasteiger partial charge in [0.05, 0.1) is 6.61 Å². The standard InChI is InChI=1S/C10H13BF3NO3/c1-9(2,6-18-10(12,13)14)7-3-8(11(16)17)5-15-4-7/h3-5,16-17H,6H2,1-2H3. The molecule has 0 atom stereocenters. The van der Waals surface area contributed by atoms with Gasteiger partial charge >= 0.3 is 13.5 Å². The zero-order chi connectivity index (χ0) is 14.0. The van der Waals surface area contributed by atoms with E-state index in [9.17, 15) is 13.2 Å². The van der Waals surface area contributed by atoms with Gasteiger partial charge in [-0.3, -0.25) is 9.72 Å². The lowest BCUT2D eigenvalue weighted by atomic mass is 9.77. The van der Waals surface area contributed by atoms with Crippen LogP contribution in [-0.2, 0) is 10.2 Å². The molecular formula is C10H13BF3NO3. The molecule has 0 spiro atoms. The molecule has 8 heteroatoms. The molecule has 0 fully saturated rings. The molecule has 0 radical (unpaired) electrons. The number of ether oxygens (including phenoxy) is 1. The van der Waals surface area contributed by atoms with Gasteiger partial charge in [-0.1, -0.05) is 19.9 Å². The fourth-order valence-corrected chi connectivity index (χ4v) is 1.31. The monoisotopic (exact) mass is 263 g/mol. The van der Waals surface area contributed by atoms with E-state index in [1.54, 1.807) is 13.8 Å². The van der Waals surface area contributed by atoms with Crippen LogP contribution in [0.25, 0.3) is 0 Å². The largest absolute Gasteiger partial charge is 0.522 e. The van der Waals surface area contributed by atoms with Crippen molar-refractivity contribution in [1.82, 2.24) is 4.98 Å². The van der Waals surface area contributed by atoms with E-state index >= 15 is 0 Å². The second kappa shape index (κ2) is 5.25. The summed E-state index contributed by atoms with van der Waals surface area (Å²) in [7, 11) is -1.71. The summed E-state index contributed by atoms with van der Waals surface area (Å²) in [5, 5.41) is 18.0. The van der Waals surface area contributed by atoms with Crippen LogP contribution in [0.3, 0.4) is 0 Å². The average Bonchev–Trinajstić information content (AvgIpc) is 2.26. The number of alkyl halides is 3. The van der Waals surface area contributed by atoms with E-state index in [-0.39, 0.29) is 5.46 Å². The van der Waals surface area contributed by atoms with E-state index in [4.69, 9.17) is 10.0 Å². The lowest BCUT2D eigenvalue weighted by Crippen LogP contribution is -2.34. The van der Waals surface area contributed by atoms with Gasteiger partial charge < -0.3 is 10.0 Å². The molecule has 1 rings (SSSR count). The Kier molecular flexibility index (Phi) is 4.36. The van der Waals surface area contributed by atoms with Crippen LogP contribution in [0.1, 0.15) is 19.4 Å². The number of hydrogen-bond donors (Lipinski definition) is 2. The predicted octanol–water partition coefficient (Wildman–Crippen LogP) is 0.575. The van der Waals surface area contributed by atoms with Crippen LogP contribution in [-0.4, -0.2) is 35.1 Å². The molecule has 0 bridgehead atoms. The summed E-state index contributed by atoms with van der Waals surface area (Å²) in [5.74, 6) is 0. The summed E-state index contributed by atoms with van der Waals surface area (Å²) >= 11 is 0. The first-order valence-electron chi connectivity index (χ1n) is 5.14. The Morgan fingerprint density at radius 3 is 2.39 bits per heavy atom. The van der Waals surface area contributed by atoms with Gasteiger partial charge in [0.25, 0.3) is 0 Å². The molecule has 0 aliphatic rings. The van der Waals surface area contributed by atoms with Gasteiger partial charge in [0.1, 0.15) is 0 Å². The van der Waals surface area contributed by atoms with Crippen LogP contribution in [0.5, 0.6) is 0 Å². The van der Waals surface area contributed by atoms with Crippen LogP contribution in [0.2, 0.25) is 0 Å². The van der Waals surface area contributed by atoms with E-state index in [1.165, 1.54) is 18.5 Å². The minimum absolute atomic E-state index is 0.118. The van der Waals surface area contributed by atoms with Crippen molar-refractivity contribution in [2.24, 2.45) is 0 Å². The van der Waals surface area contributed by atoms with Gasteiger partial charge in [-0.2, -0.15) is 0 Å². The highest BCUT2D eigenvalue weighted by Crippen LogP contribution is 2.26. The Morgan fingerprint density at radius 1 is 1.28 bits per heavy atom. The van der Waals surface area contributed by atoms with Crippen LogP contribution >= 0.6 is 0 Å². The van der Waals surface area contributed by atoms with Crippen molar-refractivity contribution in [2.45, 2.75) is 25.6 Å². The summed E-state index contributed by atoms with van der Waals surface area (Å²) in [6.07, 6.45) is -2.10. The number of aromatic nitrogens is 1. The van der Waals surface area contributed by atoms with Crippen LogP contribution in [0.15, 0.2) is 18.5 Å². The summed E-state index contributed by atoms with van der Waals surface area (Å²) in [4.78, 5) is 3.76. The van der Waals surface area contributed by atoms with Gasteiger partial charge in [0.2, 0.25) is 0 Å². The highest BCUT2D eigenvalue weighted by molar-refractivity contribution is 6.58. The molecule has 2 N–H and O–H groups in total. The van der Waals surface area contributed by atoms with Gasteiger partial charge in [-0.05, 0) is 5.56 Å². The second-order valence-electron chi connectivity index (χ2n) is 4.50. The van der Waals surface area contributed by atoms with Crippen molar-refractivity contribution in [2.75, 3.05) is 6.61 Å². The molecular weight excluding hydrogens is 250 g/mol. The molecule has 0 saturated carbocycles. The van der Waals surface area contributed by atoms with E-state index in [1.807, 2.05) is 0 Å². The van der Waals surface area contributed by atoms with Crippen molar-refractivity contribution >= 4 is 12.6 Å². The average molecular weight is 263 g/mol. The molecule has 0 aliphatic carbocycles. The van der Waals surface area contributed by atoms with Gasteiger partial charge in [-0.25, -0.2) is 0 Å². The molecule has 4 nitrogen and oxygen atoms in total. The molecule has 18 heavy (non-hydrogen) atoms. The van der Waals surface area contributed by atoms with Crippen molar-refractivity contribution in [3.8, 4) is 0 Å². The molecule has 0 unspecified atom stereocenters. The Bertz CT molecular complexity index is 410. The zero-order valence-electron chi connectivity index (χ0n) is 9.90. The Hall–Kier alpha value is -1.12. The smallest absolute Gasteiger partial charge is 0.423 e. The summed E-state index contributed by atoms with van der Waals surface area (Å²) in [6.45, 7) is 2.51. The molecule has 0 aromatic carbocycles. The minimum atomic E-state index is -4.70. The zero-order valence-corrected chi connectivity index (χ0v) is 9.90. The highest BCUT2D eigenvalue weighted by Gasteiger charge is 2.33. The summed E-state index contributed by atoms with van der Waals surface area (Å²) in [6, 6.07) is 1.39. The number of pyridine rings is 1. The number of rotatable bonds is 4. The number of nitrogens with zero attached hydrogens (tertiary/aromatic N) is 1. The van der Waals surface area contributed by atoms with E-state index in [0.29, 0.717) is 5.56 Å². The molecule has 0 aliphatic heterocycles. The fourth-order valence-electron chi connectivity index (χ4n) is 1.31. The first-order valence-corrected chi connectivity index (χ1v) is 5.14. The maximum atomic E-state index is 12.0. The van der Waals surface area contributed by atoms with E-state index in [2.05, 4.69) is 9.72 Å². The molecule has 1 heterocycles. The second-order valence-corrected chi connectivity index (χ2v) is 4.50. The predicted molar refractivity (Wildman–Crippen MR) is 59.1 cm³/mol. The highest BCUT2D eigenvalue weighted by atomic mass is 19.4. The molecule has 1 aromatic heterocycles. The molecule has 100 valence electrons. The quantitative estimate of drug-likeness (QED) is 0.780. The molecule has 0 amide bonds. The van der Waals surface area contributed by atoms with Crippen LogP contribution in [0.4, 0.5) is 13.2 Å². The minimum Gasteiger partial charge on any atom is -0.423 e. The van der Waals surface area contributed by atoms with Gasteiger partial charge in [0, 0.05) is 23.3 Å². The third-order valence-corrected chi connectivity index (χ3v) is 2.44. The summed E-state index contributed by atoms with van der Waals surface area (Å²) < 4.78 is 39.8. The molecule has 1 aromatic rings. The van der Waals surface area contributed by atoms with E-state index < -0.39 is 25.5 Å². The third-order valence-electron chi connectivity index (χ3n) is 2.44. The van der Waals surface area contributed by atoms with Crippen LogP contribution in [0, 0.1) is 0 Å². The Balaban J connectivity index is 2.87. The number of hydrogen-bond acceptors (Lipinski definition) is 4. The van der Waals surface area contributed by atoms with Crippen molar-refractivity contribution in [1.29, 1.82) is 0 Å². The molecule has 0 saturated heterocycles. The fraction of sp³-hybridized carbons (Fsp3) is 0.500. The first-order chi connectivity index (χ1) is 8.12. The number of halogens is 3. The van der Waals surface area contributed by atoms with Gasteiger partial charge in [-0.15, -0.1) is 13.2 Å². The van der Waals surface area contributed by atoms with Gasteiger partial charge in [0.15, 0.2) is 0 Å². The third kappa shape index (κ3) is 4.28. The lowest BCUT2D eigenvalue weighted by Gasteiger charge is -2.25. The first kappa shape index (κ1) is 14.9. The Morgan fingerprint density at radius 2 is 1.89 bits per heavy atom. The van der Waals surface area contributed by atoms with E-state index in [0.717, 1.165) is 0 Å².